The van der Waals surface area contributed by atoms with Crippen molar-refractivity contribution in [3.63, 3.8) is 0 Å². The van der Waals surface area contributed by atoms with E-state index in [-0.39, 0.29) is 16.5 Å². The standard InChI is InChI=1S/C21H17FN2O3S/c22-17-7-9-19(10-8-17)24-28(26,27)20-13-11-18(12-14-20)23-21(25)15-6-16-4-2-1-3-5-16/h1-15,24H,(H,23,25)/b15-6+. The number of halogens is 1. The molecule has 0 aromatic heterocycles. The molecule has 0 saturated carbocycles. The van der Waals surface area contributed by atoms with Crippen LogP contribution in [0, 0.1) is 5.82 Å². The van der Waals surface area contributed by atoms with Gasteiger partial charge in [-0.1, -0.05) is 30.3 Å². The van der Waals surface area contributed by atoms with Crippen LogP contribution in [-0.4, -0.2) is 14.3 Å². The van der Waals surface area contributed by atoms with Crippen LogP contribution in [0.4, 0.5) is 15.8 Å². The molecule has 28 heavy (non-hydrogen) atoms. The van der Waals surface area contributed by atoms with Gasteiger partial charge in [0.25, 0.3) is 10.0 Å². The number of amides is 1. The molecule has 2 N–H and O–H groups in total. The van der Waals surface area contributed by atoms with Gasteiger partial charge in [0.05, 0.1) is 4.90 Å². The third-order valence-corrected chi connectivity index (χ3v) is 5.15. The fourth-order valence-corrected chi connectivity index (χ4v) is 3.43. The van der Waals surface area contributed by atoms with Gasteiger partial charge in [0.15, 0.2) is 0 Å². The maximum Gasteiger partial charge on any atom is 0.261 e. The summed E-state index contributed by atoms with van der Waals surface area (Å²) < 4.78 is 40.0. The van der Waals surface area contributed by atoms with Crippen LogP contribution >= 0.6 is 0 Å². The first kappa shape index (κ1) is 19.3. The maximum atomic E-state index is 12.9. The number of rotatable bonds is 6. The molecule has 3 rings (SSSR count). The predicted octanol–water partition coefficient (Wildman–Crippen LogP) is 4.28. The summed E-state index contributed by atoms with van der Waals surface area (Å²) in [5, 5.41) is 2.66. The molecule has 0 aliphatic carbocycles. The topological polar surface area (TPSA) is 75.3 Å². The van der Waals surface area contributed by atoms with Crippen molar-refractivity contribution in [1.29, 1.82) is 0 Å². The number of nitrogens with one attached hydrogen (secondary N) is 2. The van der Waals surface area contributed by atoms with E-state index in [4.69, 9.17) is 0 Å². The summed E-state index contributed by atoms with van der Waals surface area (Å²) in [6, 6.07) is 20.1. The minimum Gasteiger partial charge on any atom is -0.323 e. The summed E-state index contributed by atoms with van der Waals surface area (Å²) in [5.74, 6) is -0.784. The molecule has 5 nitrogen and oxygen atoms in total. The fourth-order valence-electron chi connectivity index (χ4n) is 2.37. The number of anilines is 2. The number of sulfonamides is 1. The Labute approximate surface area is 162 Å². The third-order valence-electron chi connectivity index (χ3n) is 3.76. The van der Waals surface area contributed by atoms with Gasteiger partial charge in [0, 0.05) is 17.5 Å². The van der Waals surface area contributed by atoms with Crippen molar-refractivity contribution in [1.82, 2.24) is 0 Å². The lowest BCUT2D eigenvalue weighted by Gasteiger charge is -2.09. The SMILES string of the molecule is O=C(/C=C/c1ccccc1)Nc1ccc(S(=O)(=O)Nc2ccc(F)cc2)cc1. The van der Waals surface area contributed by atoms with Crippen molar-refractivity contribution in [3.05, 3.63) is 96.3 Å². The van der Waals surface area contributed by atoms with E-state index < -0.39 is 15.8 Å². The molecule has 142 valence electrons. The van der Waals surface area contributed by atoms with Crippen molar-refractivity contribution in [2.75, 3.05) is 10.0 Å². The number of carbonyl (C=O) groups excluding carboxylic acids is 1. The summed E-state index contributed by atoms with van der Waals surface area (Å²) >= 11 is 0. The minimum absolute atomic E-state index is 0.0228. The van der Waals surface area contributed by atoms with Crippen LogP contribution in [-0.2, 0) is 14.8 Å². The Kier molecular flexibility index (Phi) is 5.86. The summed E-state index contributed by atoms with van der Waals surface area (Å²) in [7, 11) is -3.82. The number of hydrogen-bond donors (Lipinski definition) is 2. The van der Waals surface area contributed by atoms with E-state index in [0.29, 0.717) is 5.69 Å². The van der Waals surface area contributed by atoms with Crippen LogP contribution in [0.2, 0.25) is 0 Å². The highest BCUT2D eigenvalue weighted by molar-refractivity contribution is 7.92. The first-order valence-corrected chi connectivity index (χ1v) is 9.83. The molecule has 3 aromatic rings. The zero-order chi connectivity index (χ0) is 20.0. The van der Waals surface area contributed by atoms with Crippen LogP contribution in [0.5, 0.6) is 0 Å². The normalized spacial score (nSPS) is 11.3. The van der Waals surface area contributed by atoms with Crippen molar-refractivity contribution in [3.8, 4) is 0 Å². The Balaban J connectivity index is 1.64. The molecule has 0 heterocycles. The van der Waals surface area contributed by atoms with Gasteiger partial charge in [-0.2, -0.15) is 0 Å². The van der Waals surface area contributed by atoms with Crippen molar-refractivity contribution in [2.45, 2.75) is 4.90 Å². The molecule has 0 fully saturated rings. The second-order valence-electron chi connectivity index (χ2n) is 5.87. The molecule has 0 unspecified atom stereocenters. The molecule has 0 atom stereocenters. The van der Waals surface area contributed by atoms with Gasteiger partial charge in [0.2, 0.25) is 5.91 Å². The molecule has 0 spiro atoms. The third kappa shape index (κ3) is 5.28. The molecular weight excluding hydrogens is 379 g/mol. The highest BCUT2D eigenvalue weighted by Gasteiger charge is 2.14. The van der Waals surface area contributed by atoms with Gasteiger partial charge < -0.3 is 5.32 Å². The van der Waals surface area contributed by atoms with Crippen molar-refractivity contribution < 1.29 is 17.6 Å². The maximum absolute atomic E-state index is 12.9. The zero-order valence-corrected chi connectivity index (χ0v) is 15.5. The van der Waals surface area contributed by atoms with Crippen molar-refractivity contribution >= 4 is 33.4 Å². The molecular formula is C21H17FN2O3S. The van der Waals surface area contributed by atoms with Crippen LogP contribution in [0.1, 0.15) is 5.56 Å². The van der Waals surface area contributed by atoms with Gasteiger partial charge >= 0.3 is 0 Å². The quantitative estimate of drug-likeness (QED) is 0.611. The van der Waals surface area contributed by atoms with Crippen LogP contribution in [0.25, 0.3) is 6.08 Å². The van der Waals surface area contributed by atoms with Gasteiger partial charge in [-0.05, 0) is 60.2 Å². The van der Waals surface area contributed by atoms with Gasteiger partial charge in [0.1, 0.15) is 5.82 Å². The molecule has 0 saturated heterocycles. The summed E-state index contributed by atoms with van der Waals surface area (Å²) in [5.41, 5.74) is 1.61. The number of benzene rings is 3. The van der Waals surface area contributed by atoms with Gasteiger partial charge in [-0.3, -0.25) is 9.52 Å². The van der Waals surface area contributed by atoms with E-state index in [1.807, 2.05) is 30.3 Å². The minimum atomic E-state index is -3.82. The van der Waals surface area contributed by atoms with Crippen LogP contribution in [0.3, 0.4) is 0 Å². The average molecular weight is 396 g/mol. The van der Waals surface area contributed by atoms with E-state index in [1.54, 1.807) is 6.08 Å². The summed E-state index contributed by atoms with van der Waals surface area (Å²) in [4.78, 5) is 12.0. The Morgan fingerprint density at radius 3 is 2.07 bits per heavy atom. The van der Waals surface area contributed by atoms with Gasteiger partial charge in [-0.25, -0.2) is 12.8 Å². The highest BCUT2D eigenvalue weighted by atomic mass is 32.2. The number of carbonyl (C=O) groups is 1. The van der Waals surface area contributed by atoms with E-state index in [9.17, 15) is 17.6 Å². The molecule has 3 aromatic carbocycles. The number of hydrogen-bond acceptors (Lipinski definition) is 3. The summed E-state index contributed by atoms with van der Waals surface area (Å²) in [6.45, 7) is 0. The first-order chi connectivity index (χ1) is 13.4. The Hall–Kier alpha value is -3.45. The monoisotopic (exact) mass is 396 g/mol. The lowest BCUT2D eigenvalue weighted by Crippen LogP contribution is -2.13. The summed E-state index contributed by atoms with van der Waals surface area (Å²) in [6.07, 6.45) is 3.08. The Morgan fingerprint density at radius 1 is 0.821 bits per heavy atom. The first-order valence-electron chi connectivity index (χ1n) is 8.35. The second-order valence-corrected chi connectivity index (χ2v) is 7.55. The van der Waals surface area contributed by atoms with Gasteiger partial charge in [-0.15, -0.1) is 0 Å². The predicted molar refractivity (Wildman–Crippen MR) is 108 cm³/mol. The largest absolute Gasteiger partial charge is 0.323 e. The van der Waals surface area contributed by atoms with E-state index in [0.717, 1.165) is 5.56 Å². The van der Waals surface area contributed by atoms with Crippen molar-refractivity contribution in [2.24, 2.45) is 0 Å². The second kappa shape index (κ2) is 8.49. The fraction of sp³-hybridized carbons (Fsp3) is 0. The lowest BCUT2D eigenvalue weighted by atomic mass is 10.2. The average Bonchev–Trinajstić information content (AvgIpc) is 2.69. The molecule has 0 bridgehead atoms. The van der Waals surface area contributed by atoms with Crippen LogP contribution < -0.4 is 10.0 Å². The Morgan fingerprint density at radius 2 is 1.43 bits per heavy atom. The van der Waals surface area contributed by atoms with E-state index in [2.05, 4.69) is 10.0 Å². The molecule has 1 amide bonds. The Bertz CT molecular complexity index is 1080. The smallest absolute Gasteiger partial charge is 0.261 e. The molecule has 0 aliphatic heterocycles. The van der Waals surface area contributed by atoms with E-state index >= 15 is 0 Å². The van der Waals surface area contributed by atoms with E-state index in [1.165, 1.54) is 54.6 Å². The zero-order valence-electron chi connectivity index (χ0n) is 14.7. The molecule has 0 aliphatic rings. The van der Waals surface area contributed by atoms with Crippen LogP contribution in [0.15, 0.2) is 89.8 Å². The molecule has 0 radical (unpaired) electrons. The highest BCUT2D eigenvalue weighted by Crippen LogP contribution is 2.18. The lowest BCUT2D eigenvalue weighted by molar-refractivity contribution is -0.111. The molecule has 7 heteroatoms.